The van der Waals surface area contributed by atoms with Crippen LogP contribution in [0.1, 0.15) is 26.2 Å². The molecule has 0 aromatic heterocycles. The van der Waals surface area contributed by atoms with E-state index in [9.17, 15) is 24.6 Å². The maximum absolute atomic E-state index is 12.2. The Kier molecular flexibility index (Phi) is 4.48. The molecule has 3 saturated heterocycles. The summed E-state index contributed by atoms with van der Waals surface area (Å²) in [6.07, 6.45) is 1.42. The predicted molar refractivity (Wildman–Crippen MR) is 94.0 cm³/mol. The van der Waals surface area contributed by atoms with Crippen molar-refractivity contribution in [1.82, 2.24) is 15.5 Å². The lowest BCUT2D eigenvalue weighted by molar-refractivity contribution is -0.161. The Labute approximate surface area is 155 Å². The van der Waals surface area contributed by atoms with Gasteiger partial charge in [0.15, 0.2) is 0 Å². The van der Waals surface area contributed by atoms with Crippen molar-refractivity contribution in [2.24, 2.45) is 11.8 Å². The van der Waals surface area contributed by atoms with E-state index in [-0.39, 0.29) is 40.8 Å². The lowest BCUT2D eigenvalue weighted by Crippen LogP contribution is -2.61. The van der Waals surface area contributed by atoms with E-state index in [0.29, 0.717) is 6.42 Å². The minimum atomic E-state index is -1.08. The molecule has 0 saturated carbocycles. The Morgan fingerprint density at radius 3 is 2.73 bits per heavy atom. The molecule has 4 aliphatic rings. The summed E-state index contributed by atoms with van der Waals surface area (Å²) in [4.78, 5) is 37.4. The van der Waals surface area contributed by atoms with Crippen molar-refractivity contribution in [3.05, 3.63) is 10.6 Å². The molecule has 4 N–H and O–H groups in total. The van der Waals surface area contributed by atoms with E-state index in [1.807, 2.05) is 0 Å². The van der Waals surface area contributed by atoms with Crippen molar-refractivity contribution in [2.45, 2.75) is 49.6 Å². The Balaban J connectivity index is 1.40. The van der Waals surface area contributed by atoms with Gasteiger partial charge in [-0.05, 0) is 19.8 Å². The number of hydrogen-bond donors (Lipinski definition) is 4. The number of rotatable bonds is 6. The third-order valence-corrected chi connectivity index (χ3v) is 7.18. The SMILES string of the molecule is C[C@@H](O)[C@H]1C(=O)N2C(C(=O)O)=C(S[C@@H]3CN[C@H](CC4CNC4=O)C3)C[C@H]12. The van der Waals surface area contributed by atoms with Gasteiger partial charge in [-0.15, -0.1) is 11.8 Å². The van der Waals surface area contributed by atoms with Crippen molar-refractivity contribution >= 4 is 29.5 Å². The predicted octanol–water partition coefficient (Wildman–Crippen LogP) is -0.506. The average molecular weight is 381 g/mol. The van der Waals surface area contributed by atoms with Gasteiger partial charge in [0.2, 0.25) is 11.8 Å². The number of thioether (sulfide) groups is 1. The molecule has 1 unspecified atom stereocenters. The minimum absolute atomic E-state index is 0.0860. The van der Waals surface area contributed by atoms with Crippen LogP contribution in [0.25, 0.3) is 0 Å². The molecule has 4 heterocycles. The van der Waals surface area contributed by atoms with E-state index >= 15 is 0 Å². The van der Waals surface area contributed by atoms with Crippen molar-refractivity contribution in [2.75, 3.05) is 13.1 Å². The lowest BCUT2D eigenvalue weighted by atomic mass is 9.83. The van der Waals surface area contributed by atoms with Crippen LogP contribution >= 0.6 is 11.8 Å². The van der Waals surface area contributed by atoms with E-state index < -0.39 is 18.0 Å². The molecule has 0 bridgehead atoms. The zero-order valence-electron chi connectivity index (χ0n) is 14.5. The average Bonchev–Trinajstić information content (AvgIpc) is 3.13. The topological polar surface area (TPSA) is 119 Å². The number of carbonyl (C=O) groups excluding carboxylic acids is 2. The van der Waals surface area contributed by atoms with Crippen molar-refractivity contribution < 1.29 is 24.6 Å². The third-order valence-electron chi connectivity index (χ3n) is 5.84. The number of hydrogen-bond acceptors (Lipinski definition) is 6. The fourth-order valence-electron chi connectivity index (χ4n) is 4.45. The molecule has 8 nitrogen and oxygen atoms in total. The van der Waals surface area contributed by atoms with Gasteiger partial charge in [0.25, 0.3) is 0 Å². The highest BCUT2D eigenvalue weighted by Crippen LogP contribution is 2.48. The number of carboxylic acids is 1. The van der Waals surface area contributed by atoms with Crippen LogP contribution in [0.3, 0.4) is 0 Å². The number of aliphatic carboxylic acids is 1. The summed E-state index contributed by atoms with van der Waals surface area (Å²) >= 11 is 1.53. The van der Waals surface area contributed by atoms with Crippen LogP contribution in [0.4, 0.5) is 0 Å². The monoisotopic (exact) mass is 381 g/mol. The van der Waals surface area contributed by atoms with E-state index in [0.717, 1.165) is 30.8 Å². The summed E-state index contributed by atoms with van der Waals surface area (Å²) in [6.45, 7) is 3.08. The highest BCUT2D eigenvalue weighted by molar-refractivity contribution is 8.03. The van der Waals surface area contributed by atoms with Gasteiger partial charge in [0.05, 0.1) is 24.0 Å². The second-order valence-electron chi connectivity index (χ2n) is 7.58. The van der Waals surface area contributed by atoms with Gasteiger partial charge in [-0.1, -0.05) is 0 Å². The van der Waals surface area contributed by atoms with Gasteiger partial charge in [-0.2, -0.15) is 0 Å². The standard InChI is InChI=1S/C17H23N3O5S/c1-7(21)13-11-4-12(14(17(24)25)20(11)16(13)23)26-10-3-9(18-6-10)2-8-5-19-15(8)22/h7-11,13,18,21H,2-6H2,1H3,(H,19,22)(H,24,25)/t7-,8?,9-,10+,11-,13-/m1/s1. The van der Waals surface area contributed by atoms with Crippen LogP contribution in [0, 0.1) is 11.8 Å². The van der Waals surface area contributed by atoms with Crippen molar-refractivity contribution in [1.29, 1.82) is 0 Å². The number of aliphatic hydroxyl groups excluding tert-OH is 1. The molecule has 2 amide bonds. The van der Waals surface area contributed by atoms with Gasteiger partial charge in [0.1, 0.15) is 5.70 Å². The molecule has 0 radical (unpaired) electrons. The maximum Gasteiger partial charge on any atom is 0.353 e. The van der Waals surface area contributed by atoms with E-state index in [4.69, 9.17) is 0 Å². The Bertz CT molecular complexity index is 694. The first kappa shape index (κ1) is 17.8. The molecule has 0 spiro atoms. The van der Waals surface area contributed by atoms with Crippen LogP contribution in [-0.4, -0.2) is 69.4 Å². The van der Waals surface area contributed by atoms with Gasteiger partial charge >= 0.3 is 5.97 Å². The maximum atomic E-state index is 12.2. The van der Waals surface area contributed by atoms with Crippen LogP contribution < -0.4 is 10.6 Å². The van der Waals surface area contributed by atoms with Gasteiger partial charge < -0.3 is 25.7 Å². The summed E-state index contributed by atoms with van der Waals surface area (Å²) in [5.41, 5.74) is 0.0868. The first-order valence-corrected chi connectivity index (χ1v) is 9.90. The second kappa shape index (κ2) is 6.54. The van der Waals surface area contributed by atoms with E-state index in [1.165, 1.54) is 16.7 Å². The summed E-state index contributed by atoms with van der Waals surface area (Å²) < 4.78 is 0. The number of nitrogens with one attached hydrogen (secondary N) is 2. The first-order valence-electron chi connectivity index (χ1n) is 9.02. The normalized spacial score (nSPS) is 37.2. The first-order chi connectivity index (χ1) is 12.4. The smallest absolute Gasteiger partial charge is 0.353 e. The van der Waals surface area contributed by atoms with Crippen LogP contribution in [-0.2, 0) is 14.4 Å². The molecule has 9 heteroatoms. The zero-order valence-corrected chi connectivity index (χ0v) is 15.3. The quantitative estimate of drug-likeness (QED) is 0.458. The summed E-state index contributed by atoms with van der Waals surface area (Å²) in [5.74, 6) is -1.68. The zero-order chi connectivity index (χ0) is 18.6. The molecule has 4 aliphatic heterocycles. The summed E-state index contributed by atoms with van der Waals surface area (Å²) in [5, 5.41) is 25.8. The number of amides is 2. The molecule has 26 heavy (non-hydrogen) atoms. The number of nitrogens with zero attached hydrogens (tertiary/aromatic N) is 1. The highest BCUT2D eigenvalue weighted by atomic mass is 32.2. The molecule has 3 fully saturated rings. The number of carbonyl (C=O) groups is 3. The molecule has 0 aromatic rings. The fraction of sp³-hybridized carbons (Fsp3) is 0.706. The Morgan fingerprint density at radius 2 is 2.15 bits per heavy atom. The fourth-order valence-corrected chi connectivity index (χ4v) is 5.93. The number of aliphatic hydroxyl groups is 1. The summed E-state index contributed by atoms with van der Waals surface area (Å²) in [6, 6.07) is 0.0302. The molecule has 4 rings (SSSR count). The third kappa shape index (κ3) is 2.82. The van der Waals surface area contributed by atoms with Crippen LogP contribution in [0.5, 0.6) is 0 Å². The Morgan fingerprint density at radius 1 is 1.38 bits per heavy atom. The van der Waals surface area contributed by atoms with Gasteiger partial charge in [0, 0.05) is 35.7 Å². The Hall–Kier alpha value is -1.58. The number of carboxylic acid groups (broad SMARTS) is 1. The summed E-state index contributed by atoms with van der Waals surface area (Å²) in [7, 11) is 0. The van der Waals surface area contributed by atoms with Crippen LogP contribution in [0.2, 0.25) is 0 Å². The van der Waals surface area contributed by atoms with Gasteiger partial charge in [-0.25, -0.2) is 4.79 Å². The molecule has 142 valence electrons. The van der Waals surface area contributed by atoms with Crippen molar-refractivity contribution in [3.63, 3.8) is 0 Å². The highest BCUT2D eigenvalue weighted by Gasteiger charge is 2.57. The van der Waals surface area contributed by atoms with Crippen molar-refractivity contribution in [3.8, 4) is 0 Å². The molecule has 0 aromatic carbocycles. The second-order valence-corrected chi connectivity index (χ2v) is 8.98. The lowest BCUT2D eigenvalue weighted by Gasteiger charge is -2.44. The minimum Gasteiger partial charge on any atom is -0.477 e. The number of β-lactam (4-membered cyclic amide) rings is 2. The van der Waals surface area contributed by atoms with Gasteiger partial charge in [-0.3, -0.25) is 9.59 Å². The van der Waals surface area contributed by atoms with Crippen LogP contribution in [0.15, 0.2) is 10.6 Å². The molecular formula is C17H23N3O5S. The largest absolute Gasteiger partial charge is 0.477 e. The molecule has 0 aliphatic carbocycles. The molecular weight excluding hydrogens is 358 g/mol. The van der Waals surface area contributed by atoms with E-state index in [1.54, 1.807) is 6.92 Å². The molecule has 6 atom stereocenters. The van der Waals surface area contributed by atoms with E-state index in [2.05, 4.69) is 10.6 Å². The number of fused-ring (bicyclic) bond motifs is 1.